The van der Waals surface area contributed by atoms with Crippen LogP contribution in [0.2, 0.25) is 0 Å². The Morgan fingerprint density at radius 3 is 2.24 bits per heavy atom. The van der Waals surface area contributed by atoms with E-state index in [1.54, 1.807) is 13.8 Å². The lowest BCUT2D eigenvalue weighted by molar-refractivity contribution is -0.143. The second kappa shape index (κ2) is 10.1. The number of nitrogens with one attached hydrogen (secondary N) is 2. The first-order chi connectivity index (χ1) is 16.3. The minimum Gasteiger partial charge on any atom is -0.480 e. The van der Waals surface area contributed by atoms with Crippen LogP contribution in [-0.2, 0) is 14.3 Å². The van der Waals surface area contributed by atoms with Crippen LogP contribution in [0.3, 0.4) is 0 Å². The maximum atomic E-state index is 12.6. The van der Waals surface area contributed by atoms with Crippen LogP contribution in [0.1, 0.15) is 43.7 Å². The van der Waals surface area contributed by atoms with Crippen molar-refractivity contribution in [2.75, 3.05) is 6.61 Å². The summed E-state index contributed by atoms with van der Waals surface area (Å²) >= 11 is 0. The number of carboxylic acids is 1. The zero-order valence-electron chi connectivity index (χ0n) is 19.4. The van der Waals surface area contributed by atoms with Crippen molar-refractivity contribution in [2.24, 2.45) is 11.8 Å². The fourth-order valence-electron chi connectivity index (χ4n) is 4.79. The Hall–Kier alpha value is -3.61. The van der Waals surface area contributed by atoms with Crippen molar-refractivity contribution in [1.82, 2.24) is 10.6 Å². The molecule has 0 spiro atoms. The van der Waals surface area contributed by atoms with E-state index < -0.39 is 24.0 Å². The molecule has 34 heavy (non-hydrogen) atoms. The molecular weight excluding hydrogens is 432 g/mol. The SMILES string of the molecule is CC(C)[C@H](NC(=O)C1CC=CC(NC(=O)OCC2c3ccccc3-c3ccccc32)C1)C(=O)O. The van der Waals surface area contributed by atoms with Gasteiger partial charge >= 0.3 is 12.1 Å². The van der Waals surface area contributed by atoms with Gasteiger partial charge in [0.25, 0.3) is 0 Å². The zero-order chi connectivity index (χ0) is 24.2. The van der Waals surface area contributed by atoms with Gasteiger partial charge in [-0.2, -0.15) is 0 Å². The van der Waals surface area contributed by atoms with E-state index in [4.69, 9.17) is 4.74 Å². The summed E-state index contributed by atoms with van der Waals surface area (Å²) < 4.78 is 5.60. The molecular formula is C27H30N2O5. The smallest absolute Gasteiger partial charge is 0.407 e. The number of carbonyl (C=O) groups excluding carboxylic acids is 2. The summed E-state index contributed by atoms with van der Waals surface area (Å²) in [7, 11) is 0. The predicted octanol–water partition coefficient (Wildman–Crippen LogP) is 4.09. The molecule has 7 nitrogen and oxygen atoms in total. The number of carboxylic acid groups (broad SMARTS) is 1. The quantitative estimate of drug-likeness (QED) is 0.538. The predicted molar refractivity (Wildman–Crippen MR) is 128 cm³/mol. The molecule has 0 heterocycles. The third-order valence-corrected chi connectivity index (χ3v) is 6.58. The Bertz CT molecular complexity index is 1060. The summed E-state index contributed by atoms with van der Waals surface area (Å²) in [6.45, 7) is 3.72. The van der Waals surface area contributed by atoms with Crippen LogP contribution >= 0.6 is 0 Å². The van der Waals surface area contributed by atoms with Gasteiger partial charge in [-0.25, -0.2) is 9.59 Å². The van der Waals surface area contributed by atoms with Crippen molar-refractivity contribution in [3.8, 4) is 11.1 Å². The maximum absolute atomic E-state index is 12.6. The van der Waals surface area contributed by atoms with E-state index in [0.717, 1.165) is 22.3 Å². The van der Waals surface area contributed by atoms with Gasteiger partial charge in [-0.05, 0) is 41.0 Å². The first-order valence-corrected chi connectivity index (χ1v) is 11.7. The van der Waals surface area contributed by atoms with Gasteiger partial charge in [-0.1, -0.05) is 74.5 Å². The van der Waals surface area contributed by atoms with Crippen LogP contribution in [0.4, 0.5) is 4.79 Å². The molecule has 7 heteroatoms. The van der Waals surface area contributed by atoms with Gasteiger partial charge in [0.15, 0.2) is 0 Å². The average molecular weight is 463 g/mol. The molecule has 2 unspecified atom stereocenters. The van der Waals surface area contributed by atoms with E-state index in [1.807, 2.05) is 36.4 Å². The third-order valence-electron chi connectivity index (χ3n) is 6.58. The summed E-state index contributed by atoms with van der Waals surface area (Å²) in [5.41, 5.74) is 4.61. The molecule has 0 bridgehead atoms. The van der Waals surface area contributed by atoms with Crippen molar-refractivity contribution in [3.05, 3.63) is 71.8 Å². The average Bonchev–Trinajstić information content (AvgIpc) is 3.14. The molecule has 0 aromatic heterocycles. The van der Waals surface area contributed by atoms with E-state index in [9.17, 15) is 19.5 Å². The Labute approximate surface area is 199 Å². The van der Waals surface area contributed by atoms with E-state index >= 15 is 0 Å². The highest BCUT2D eigenvalue weighted by Crippen LogP contribution is 2.44. The molecule has 2 aliphatic rings. The fourth-order valence-corrected chi connectivity index (χ4v) is 4.79. The minimum atomic E-state index is -1.05. The van der Waals surface area contributed by atoms with Crippen LogP contribution in [0, 0.1) is 11.8 Å². The minimum absolute atomic E-state index is 0.0254. The zero-order valence-corrected chi connectivity index (χ0v) is 19.4. The van der Waals surface area contributed by atoms with Crippen molar-refractivity contribution in [3.63, 3.8) is 0 Å². The fraction of sp³-hybridized carbons (Fsp3) is 0.370. The summed E-state index contributed by atoms with van der Waals surface area (Å²) in [4.78, 5) is 36.6. The number of rotatable bonds is 7. The van der Waals surface area contributed by atoms with Gasteiger partial charge in [0.05, 0.1) is 6.04 Å². The molecule has 2 amide bonds. The molecule has 3 N–H and O–H groups in total. The Morgan fingerprint density at radius 2 is 1.65 bits per heavy atom. The highest BCUT2D eigenvalue weighted by atomic mass is 16.5. The first kappa shape index (κ1) is 23.5. The highest BCUT2D eigenvalue weighted by molar-refractivity contribution is 5.85. The van der Waals surface area contributed by atoms with Crippen molar-refractivity contribution >= 4 is 18.0 Å². The van der Waals surface area contributed by atoms with Crippen molar-refractivity contribution in [2.45, 2.75) is 44.7 Å². The largest absolute Gasteiger partial charge is 0.480 e. The van der Waals surface area contributed by atoms with Crippen molar-refractivity contribution in [1.29, 1.82) is 0 Å². The Kier molecular flexibility index (Phi) is 7.01. The van der Waals surface area contributed by atoms with Gasteiger partial charge in [-0.15, -0.1) is 0 Å². The number of amides is 2. The molecule has 0 saturated carbocycles. The van der Waals surface area contributed by atoms with Gasteiger partial charge in [0.1, 0.15) is 12.6 Å². The number of hydrogen-bond donors (Lipinski definition) is 3. The number of alkyl carbamates (subject to hydrolysis) is 1. The number of fused-ring (bicyclic) bond motifs is 3. The Morgan fingerprint density at radius 1 is 1.03 bits per heavy atom. The molecule has 2 aromatic rings. The monoisotopic (exact) mass is 462 g/mol. The molecule has 2 aromatic carbocycles. The second-order valence-corrected chi connectivity index (χ2v) is 9.24. The molecule has 3 atom stereocenters. The van der Waals surface area contributed by atoms with E-state index in [2.05, 4.69) is 34.9 Å². The van der Waals surface area contributed by atoms with Gasteiger partial charge in [0, 0.05) is 11.8 Å². The Balaban J connectivity index is 1.33. The van der Waals surface area contributed by atoms with Crippen LogP contribution in [0.5, 0.6) is 0 Å². The molecule has 0 radical (unpaired) electrons. The summed E-state index contributed by atoms with van der Waals surface area (Å²) in [6.07, 6.45) is 4.04. The number of aliphatic carboxylic acids is 1. The summed E-state index contributed by atoms with van der Waals surface area (Å²) in [5.74, 6) is -2.03. The number of ether oxygens (including phenoxy) is 1. The second-order valence-electron chi connectivity index (χ2n) is 9.24. The summed E-state index contributed by atoms with van der Waals surface area (Å²) in [6, 6.07) is 15.0. The number of carbonyl (C=O) groups is 3. The van der Waals surface area contributed by atoms with E-state index in [0.29, 0.717) is 12.8 Å². The lowest BCUT2D eigenvalue weighted by Crippen LogP contribution is -2.48. The number of benzene rings is 2. The van der Waals surface area contributed by atoms with E-state index in [-0.39, 0.29) is 30.4 Å². The van der Waals surface area contributed by atoms with Crippen LogP contribution in [-0.4, -0.2) is 41.8 Å². The van der Waals surface area contributed by atoms with Crippen molar-refractivity contribution < 1.29 is 24.2 Å². The lowest BCUT2D eigenvalue weighted by atomic mass is 9.89. The first-order valence-electron chi connectivity index (χ1n) is 11.7. The molecule has 178 valence electrons. The summed E-state index contributed by atoms with van der Waals surface area (Å²) in [5, 5.41) is 14.8. The number of hydrogen-bond acceptors (Lipinski definition) is 4. The van der Waals surface area contributed by atoms with E-state index in [1.165, 1.54) is 0 Å². The highest BCUT2D eigenvalue weighted by Gasteiger charge is 2.31. The normalized spacial score (nSPS) is 19.7. The van der Waals surface area contributed by atoms with Gasteiger partial charge in [-0.3, -0.25) is 4.79 Å². The standard InChI is InChI=1S/C27H30N2O5/c1-16(2)24(26(31)32)29-25(30)17-8-7-9-18(14-17)28-27(33)34-15-23-21-12-5-3-10-19(21)20-11-4-6-13-22(20)23/h3-7,9-13,16-18,23-24H,8,14-15H2,1-2H3,(H,28,33)(H,29,30)(H,31,32)/t17?,18?,24-/m0/s1. The van der Waals surface area contributed by atoms with Gasteiger partial charge < -0.3 is 20.5 Å². The van der Waals surface area contributed by atoms with Crippen LogP contribution in [0.15, 0.2) is 60.7 Å². The molecule has 4 rings (SSSR count). The number of allylic oxidation sites excluding steroid dienone is 1. The molecule has 0 aliphatic heterocycles. The lowest BCUT2D eigenvalue weighted by Gasteiger charge is -2.27. The third kappa shape index (κ3) is 4.98. The van der Waals surface area contributed by atoms with Gasteiger partial charge in [0.2, 0.25) is 5.91 Å². The van der Waals surface area contributed by atoms with Crippen LogP contribution in [0.25, 0.3) is 11.1 Å². The van der Waals surface area contributed by atoms with Crippen LogP contribution < -0.4 is 10.6 Å². The molecule has 0 saturated heterocycles. The topological polar surface area (TPSA) is 105 Å². The maximum Gasteiger partial charge on any atom is 0.407 e. The molecule has 0 fully saturated rings. The molecule has 2 aliphatic carbocycles.